The highest BCUT2D eigenvalue weighted by molar-refractivity contribution is 5.88. The number of benzene rings is 1. The van der Waals surface area contributed by atoms with Crippen LogP contribution < -0.4 is 16.0 Å². The first-order valence-corrected chi connectivity index (χ1v) is 11.3. The summed E-state index contributed by atoms with van der Waals surface area (Å²) >= 11 is 0. The summed E-state index contributed by atoms with van der Waals surface area (Å²) in [5, 5.41) is 8.03. The molecule has 0 saturated carbocycles. The molecule has 0 radical (unpaired) electrons. The number of ether oxygens (including phenoxy) is 2. The molecular weight excluding hydrogens is 448 g/mol. The van der Waals surface area contributed by atoms with Crippen molar-refractivity contribution in [3.63, 3.8) is 0 Å². The van der Waals surface area contributed by atoms with Gasteiger partial charge in [-0.1, -0.05) is 13.8 Å². The summed E-state index contributed by atoms with van der Waals surface area (Å²) < 4.78 is 38.2. The third-order valence-corrected chi connectivity index (χ3v) is 4.83. The van der Waals surface area contributed by atoms with Gasteiger partial charge in [0.05, 0.1) is 18.6 Å². The van der Waals surface area contributed by atoms with E-state index in [4.69, 9.17) is 9.47 Å². The number of likely N-dealkylation sites (N-methyl/N-ethyl adjacent to an activating group) is 1. The van der Waals surface area contributed by atoms with Gasteiger partial charge in [0.2, 0.25) is 11.8 Å². The molecule has 0 spiro atoms. The van der Waals surface area contributed by atoms with E-state index in [-0.39, 0.29) is 30.2 Å². The topological polar surface area (TPSA) is 106 Å². The minimum absolute atomic E-state index is 0.0242. The summed E-state index contributed by atoms with van der Waals surface area (Å²) in [7, 11) is 1.36. The lowest BCUT2D eigenvalue weighted by Crippen LogP contribution is -2.52. The Kier molecular flexibility index (Phi) is 11.4. The molecule has 1 aromatic carbocycles. The molecule has 3 amide bonds. The number of carbonyl (C=O) groups is 3. The van der Waals surface area contributed by atoms with Gasteiger partial charge in [0, 0.05) is 19.7 Å². The Balaban J connectivity index is 3.08. The first-order chi connectivity index (χ1) is 15.7. The van der Waals surface area contributed by atoms with Crippen LogP contribution in [-0.4, -0.2) is 55.4 Å². The zero-order valence-corrected chi connectivity index (χ0v) is 21.0. The highest BCUT2D eigenvalue weighted by Gasteiger charge is 2.30. The number of carbonyl (C=O) groups excluding carboxylic acids is 3. The number of hydrogen-bond donors (Lipinski definition) is 3. The van der Waals surface area contributed by atoms with Gasteiger partial charge >= 0.3 is 6.09 Å². The number of alkyl carbamates (subject to hydrolysis) is 1. The van der Waals surface area contributed by atoms with Crippen LogP contribution in [0.15, 0.2) is 18.2 Å². The lowest BCUT2D eigenvalue weighted by atomic mass is 9.97. The van der Waals surface area contributed by atoms with E-state index in [2.05, 4.69) is 16.0 Å². The zero-order valence-electron chi connectivity index (χ0n) is 21.0. The van der Waals surface area contributed by atoms with Gasteiger partial charge in [-0.15, -0.1) is 0 Å². The van der Waals surface area contributed by atoms with Crippen molar-refractivity contribution >= 4 is 17.9 Å². The molecule has 0 aromatic heterocycles. The zero-order chi connectivity index (χ0) is 26.1. The molecule has 3 atom stereocenters. The molecule has 8 nitrogen and oxygen atoms in total. The predicted molar refractivity (Wildman–Crippen MR) is 124 cm³/mol. The van der Waals surface area contributed by atoms with Gasteiger partial charge in [-0.25, -0.2) is 13.6 Å². The largest absolute Gasteiger partial charge is 0.444 e. The number of rotatable bonds is 11. The molecule has 10 heteroatoms. The summed E-state index contributed by atoms with van der Waals surface area (Å²) in [5.74, 6) is -2.47. The smallest absolute Gasteiger partial charge is 0.407 e. The molecule has 1 aromatic rings. The summed E-state index contributed by atoms with van der Waals surface area (Å²) in [6.07, 6.45) is -1.87. The fourth-order valence-electron chi connectivity index (χ4n) is 3.34. The Morgan fingerprint density at radius 2 is 1.62 bits per heavy atom. The minimum atomic E-state index is -0.874. The first-order valence-electron chi connectivity index (χ1n) is 11.3. The molecule has 0 unspecified atom stereocenters. The molecule has 0 aliphatic heterocycles. The number of hydrogen-bond acceptors (Lipinski definition) is 5. The Bertz CT molecular complexity index is 822. The van der Waals surface area contributed by atoms with Gasteiger partial charge < -0.3 is 25.4 Å². The van der Waals surface area contributed by atoms with Gasteiger partial charge in [-0.2, -0.15) is 0 Å². The Morgan fingerprint density at radius 3 is 2.09 bits per heavy atom. The molecule has 1 rings (SSSR count). The molecule has 192 valence electrons. The summed E-state index contributed by atoms with van der Waals surface area (Å²) in [6.45, 7) is 10.9. The average Bonchev–Trinajstić information content (AvgIpc) is 2.67. The maximum atomic E-state index is 13.7. The minimum Gasteiger partial charge on any atom is -0.444 e. The lowest BCUT2D eigenvalue weighted by molar-refractivity contribution is -0.131. The van der Waals surface area contributed by atoms with E-state index in [0.29, 0.717) is 6.54 Å². The molecule has 0 aliphatic carbocycles. The summed E-state index contributed by atoms with van der Waals surface area (Å²) in [4.78, 5) is 37.5. The molecule has 0 aliphatic rings. The van der Waals surface area contributed by atoms with Crippen LogP contribution in [0.5, 0.6) is 0 Å². The quantitative estimate of drug-likeness (QED) is 0.447. The van der Waals surface area contributed by atoms with Gasteiger partial charge in [0.15, 0.2) is 0 Å². The highest BCUT2D eigenvalue weighted by atomic mass is 19.1. The number of halogens is 2. The SMILES string of the molecule is CCNC(=O)[C@@H](NC(=O)C[C@H](OC)[C@H](Cc1cc(F)cc(F)c1)NC(=O)OC(C)(C)C)C(C)C. The first kappa shape index (κ1) is 29.3. The van der Waals surface area contributed by atoms with Crippen LogP contribution in [0.3, 0.4) is 0 Å². The maximum Gasteiger partial charge on any atom is 0.407 e. The number of nitrogens with one attached hydrogen (secondary N) is 3. The normalized spacial score (nSPS) is 14.2. The van der Waals surface area contributed by atoms with Crippen molar-refractivity contribution in [3.05, 3.63) is 35.4 Å². The fraction of sp³-hybridized carbons (Fsp3) is 0.625. The van der Waals surface area contributed by atoms with E-state index in [1.807, 2.05) is 0 Å². The van der Waals surface area contributed by atoms with Gasteiger partial charge in [0.1, 0.15) is 23.3 Å². The Morgan fingerprint density at radius 1 is 1.03 bits per heavy atom. The van der Waals surface area contributed by atoms with Crippen molar-refractivity contribution in [2.75, 3.05) is 13.7 Å². The van der Waals surface area contributed by atoms with Crippen molar-refractivity contribution in [1.82, 2.24) is 16.0 Å². The average molecular weight is 486 g/mol. The van der Waals surface area contributed by atoms with Gasteiger partial charge in [-0.3, -0.25) is 9.59 Å². The van der Waals surface area contributed by atoms with Crippen LogP contribution in [-0.2, 0) is 25.5 Å². The molecule has 34 heavy (non-hydrogen) atoms. The fourth-order valence-corrected chi connectivity index (χ4v) is 3.34. The summed E-state index contributed by atoms with van der Waals surface area (Å²) in [5.41, 5.74) is -0.514. The Labute approximate surface area is 200 Å². The maximum absolute atomic E-state index is 13.7. The van der Waals surface area contributed by atoms with E-state index in [0.717, 1.165) is 18.2 Å². The van der Waals surface area contributed by atoms with Crippen molar-refractivity contribution in [3.8, 4) is 0 Å². The van der Waals surface area contributed by atoms with E-state index >= 15 is 0 Å². The third-order valence-electron chi connectivity index (χ3n) is 4.83. The molecule has 0 bridgehead atoms. The van der Waals surface area contributed by atoms with Crippen LogP contribution in [0.2, 0.25) is 0 Å². The van der Waals surface area contributed by atoms with Crippen molar-refractivity contribution in [2.24, 2.45) is 5.92 Å². The van der Waals surface area contributed by atoms with E-state index in [9.17, 15) is 23.2 Å². The van der Waals surface area contributed by atoms with Crippen molar-refractivity contribution in [2.45, 2.75) is 78.2 Å². The molecule has 3 N–H and O–H groups in total. The monoisotopic (exact) mass is 485 g/mol. The van der Waals surface area contributed by atoms with Crippen LogP contribution in [0.1, 0.15) is 53.5 Å². The van der Waals surface area contributed by atoms with Crippen LogP contribution in [0.4, 0.5) is 13.6 Å². The molecular formula is C24H37F2N3O5. The van der Waals surface area contributed by atoms with E-state index < -0.39 is 47.4 Å². The second-order valence-electron chi connectivity index (χ2n) is 9.40. The number of amides is 3. The van der Waals surface area contributed by atoms with E-state index in [1.165, 1.54) is 7.11 Å². The van der Waals surface area contributed by atoms with Crippen molar-refractivity contribution < 1.29 is 32.6 Å². The highest BCUT2D eigenvalue weighted by Crippen LogP contribution is 2.16. The predicted octanol–water partition coefficient (Wildman–Crippen LogP) is 3.08. The molecule has 0 saturated heterocycles. The van der Waals surface area contributed by atoms with Crippen molar-refractivity contribution in [1.29, 1.82) is 0 Å². The van der Waals surface area contributed by atoms with Crippen LogP contribution in [0.25, 0.3) is 0 Å². The molecule has 0 heterocycles. The second-order valence-corrected chi connectivity index (χ2v) is 9.40. The standard InChI is InChI=1S/C24H37F2N3O5/c1-8-27-22(31)21(14(2)3)29-20(30)13-19(33-7)18(28-23(32)34-24(4,5)6)11-15-9-16(25)12-17(26)10-15/h9-10,12,14,18-19,21H,8,11,13H2,1-7H3,(H,27,31)(H,28,32)(H,29,30)/t18-,19-,21-/m0/s1. The molecule has 0 fully saturated rings. The lowest BCUT2D eigenvalue weighted by Gasteiger charge is -2.29. The second kappa shape index (κ2) is 13.2. The van der Waals surface area contributed by atoms with Crippen LogP contribution >= 0.6 is 0 Å². The van der Waals surface area contributed by atoms with E-state index in [1.54, 1.807) is 41.5 Å². The van der Waals surface area contributed by atoms with Gasteiger partial charge in [0.25, 0.3) is 0 Å². The third kappa shape index (κ3) is 10.5. The van der Waals surface area contributed by atoms with Crippen LogP contribution in [0, 0.1) is 17.6 Å². The van der Waals surface area contributed by atoms with Gasteiger partial charge in [-0.05, 0) is 57.7 Å². The summed E-state index contributed by atoms with van der Waals surface area (Å²) in [6, 6.07) is 1.43. The number of methoxy groups -OCH3 is 1. The Hall–Kier alpha value is -2.75.